The molecule has 3 aliphatic carbocycles. The molecule has 1 fully saturated rings. The maximum atomic E-state index is 2.48. The van der Waals surface area contributed by atoms with Gasteiger partial charge in [0.25, 0.3) is 0 Å². The van der Waals surface area contributed by atoms with Crippen LogP contribution >= 0.6 is 0 Å². The van der Waals surface area contributed by atoms with Crippen molar-refractivity contribution in [3.05, 3.63) is 222 Å². The maximum Gasteiger partial charge on any atom is 0.0465 e. The molecule has 0 spiro atoms. The first kappa shape index (κ1) is 39.6. The molecule has 316 valence electrons. The minimum absolute atomic E-state index is 0.0798. The number of hydrogen-bond acceptors (Lipinski definition) is 1. The summed E-state index contributed by atoms with van der Waals surface area (Å²) >= 11 is 0. The Bertz CT molecular complexity index is 3270. The van der Waals surface area contributed by atoms with Crippen molar-refractivity contribution in [3.8, 4) is 55.6 Å². The molecule has 0 aromatic heterocycles. The summed E-state index contributed by atoms with van der Waals surface area (Å²) in [5, 5.41) is 2.53. The second-order valence-corrected chi connectivity index (χ2v) is 19.9. The molecule has 1 saturated carbocycles. The van der Waals surface area contributed by atoms with E-state index in [2.05, 4.69) is 227 Å². The monoisotopic (exact) mass is 837 g/mol. The average molecular weight is 838 g/mol. The fraction of sp³-hybridized carbons (Fsp3) is 0.188. The molecule has 9 aromatic rings. The Hall–Kier alpha value is -6.96. The predicted molar refractivity (Wildman–Crippen MR) is 276 cm³/mol. The smallest absolute Gasteiger partial charge is 0.0465 e. The number of nitrogens with zero attached hydrogens (tertiary/aromatic N) is 1. The van der Waals surface area contributed by atoms with E-state index < -0.39 is 0 Å². The first-order valence-corrected chi connectivity index (χ1v) is 23.9. The number of rotatable bonds is 7. The van der Waals surface area contributed by atoms with Gasteiger partial charge in [0.2, 0.25) is 0 Å². The molecule has 0 bridgehead atoms. The highest BCUT2D eigenvalue weighted by Gasteiger charge is 2.39. The van der Waals surface area contributed by atoms with E-state index in [1.807, 2.05) is 0 Å². The molecule has 0 heterocycles. The van der Waals surface area contributed by atoms with Crippen LogP contribution in [0.5, 0.6) is 0 Å². The van der Waals surface area contributed by atoms with E-state index >= 15 is 0 Å². The van der Waals surface area contributed by atoms with Crippen LogP contribution in [0.2, 0.25) is 0 Å². The van der Waals surface area contributed by atoms with Crippen LogP contribution < -0.4 is 4.90 Å². The van der Waals surface area contributed by atoms with Crippen LogP contribution in [0.25, 0.3) is 66.4 Å². The summed E-state index contributed by atoms with van der Waals surface area (Å²) in [4.78, 5) is 2.48. The standard InChI is InChI=1S/C64H55N/c1-63(2)59-39-31-47(53-23-15-24-56-54-22-13-14-25-58(54)64(3,4)62(53)56)40-57(59)55-38-36-50(41-60(55)63)65(48-32-26-43(27-33-48)42-16-7-5-8-17-42)49-34-28-45(29-35-49)52-37-30-44-18-11-12-21-51(44)61(52)46-19-9-6-10-20-46/h6,9-15,18-42H,5,7-8,16-17H2,1-4H3. The summed E-state index contributed by atoms with van der Waals surface area (Å²) in [6.45, 7) is 9.60. The van der Waals surface area contributed by atoms with E-state index in [0.717, 1.165) is 5.69 Å². The Balaban J connectivity index is 0.957. The minimum Gasteiger partial charge on any atom is -0.310 e. The lowest BCUT2D eigenvalue weighted by Crippen LogP contribution is -2.17. The van der Waals surface area contributed by atoms with Crippen LogP contribution in [0.3, 0.4) is 0 Å². The zero-order valence-electron chi connectivity index (χ0n) is 38.0. The van der Waals surface area contributed by atoms with Crippen LogP contribution in [0.15, 0.2) is 194 Å². The Morgan fingerprint density at radius 2 is 1.00 bits per heavy atom. The van der Waals surface area contributed by atoms with E-state index in [0.29, 0.717) is 5.92 Å². The van der Waals surface area contributed by atoms with E-state index in [9.17, 15) is 0 Å². The van der Waals surface area contributed by atoms with E-state index in [4.69, 9.17) is 0 Å². The summed E-state index contributed by atoms with van der Waals surface area (Å²) < 4.78 is 0. The fourth-order valence-electron chi connectivity index (χ4n) is 12.1. The quantitative estimate of drug-likeness (QED) is 0.155. The van der Waals surface area contributed by atoms with Gasteiger partial charge in [-0.3, -0.25) is 0 Å². The lowest BCUT2D eigenvalue weighted by atomic mass is 9.78. The van der Waals surface area contributed by atoms with Gasteiger partial charge in [0.15, 0.2) is 0 Å². The van der Waals surface area contributed by atoms with Gasteiger partial charge in [-0.1, -0.05) is 199 Å². The van der Waals surface area contributed by atoms with Crippen molar-refractivity contribution in [2.45, 2.75) is 76.5 Å². The van der Waals surface area contributed by atoms with Crippen molar-refractivity contribution in [2.24, 2.45) is 0 Å². The van der Waals surface area contributed by atoms with Gasteiger partial charge in [0, 0.05) is 27.9 Å². The van der Waals surface area contributed by atoms with Gasteiger partial charge in [-0.25, -0.2) is 0 Å². The molecule has 9 aromatic carbocycles. The van der Waals surface area contributed by atoms with E-state index in [-0.39, 0.29) is 10.8 Å². The van der Waals surface area contributed by atoms with Gasteiger partial charge < -0.3 is 4.90 Å². The van der Waals surface area contributed by atoms with Gasteiger partial charge in [0.05, 0.1) is 0 Å². The van der Waals surface area contributed by atoms with Gasteiger partial charge in [-0.05, 0) is 155 Å². The lowest BCUT2D eigenvalue weighted by molar-refractivity contribution is 0.443. The summed E-state index contributed by atoms with van der Waals surface area (Å²) in [7, 11) is 0. The molecule has 1 heteroatoms. The molecule has 0 atom stereocenters. The van der Waals surface area contributed by atoms with Gasteiger partial charge >= 0.3 is 0 Å². The molecular formula is C64H55N. The third kappa shape index (κ3) is 6.42. The molecule has 0 amide bonds. The second kappa shape index (κ2) is 15.3. The second-order valence-electron chi connectivity index (χ2n) is 19.9. The van der Waals surface area contributed by atoms with Crippen molar-refractivity contribution in [3.63, 3.8) is 0 Å². The third-order valence-corrected chi connectivity index (χ3v) is 15.5. The highest BCUT2D eigenvalue weighted by molar-refractivity contribution is 6.04. The normalized spacial score (nSPS) is 15.6. The molecule has 1 nitrogen and oxygen atoms in total. The van der Waals surface area contributed by atoms with Crippen LogP contribution in [0, 0.1) is 0 Å². The zero-order valence-corrected chi connectivity index (χ0v) is 38.0. The van der Waals surface area contributed by atoms with Crippen molar-refractivity contribution in [1.29, 1.82) is 0 Å². The summed E-state index contributed by atoms with van der Waals surface area (Å²) in [6.07, 6.45) is 6.63. The molecule has 0 saturated heterocycles. The zero-order chi connectivity index (χ0) is 43.9. The molecule has 0 unspecified atom stereocenters. The highest BCUT2D eigenvalue weighted by Crippen LogP contribution is 2.55. The first-order chi connectivity index (χ1) is 31.8. The van der Waals surface area contributed by atoms with Crippen molar-refractivity contribution in [2.75, 3.05) is 4.90 Å². The van der Waals surface area contributed by atoms with E-state index in [1.165, 1.54) is 138 Å². The van der Waals surface area contributed by atoms with E-state index in [1.54, 1.807) is 0 Å². The van der Waals surface area contributed by atoms with Crippen LogP contribution in [0.4, 0.5) is 17.1 Å². The Morgan fingerprint density at radius 3 is 1.80 bits per heavy atom. The minimum atomic E-state index is -0.169. The number of benzene rings is 9. The third-order valence-electron chi connectivity index (χ3n) is 15.5. The van der Waals surface area contributed by atoms with Crippen LogP contribution in [0.1, 0.15) is 93.5 Å². The Kier molecular flexibility index (Phi) is 9.35. The molecule has 0 aliphatic heterocycles. The van der Waals surface area contributed by atoms with Crippen molar-refractivity contribution in [1.82, 2.24) is 0 Å². The summed E-state index contributed by atoms with van der Waals surface area (Å²) in [5.74, 6) is 0.661. The topological polar surface area (TPSA) is 3.24 Å². The molecule has 12 rings (SSSR count). The largest absolute Gasteiger partial charge is 0.310 e. The molecule has 0 N–H and O–H groups in total. The molecule has 3 aliphatic rings. The lowest BCUT2D eigenvalue weighted by Gasteiger charge is -2.29. The molecule has 65 heavy (non-hydrogen) atoms. The van der Waals surface area contributed by atoms with Gasteiger partial charge in [0.1, 0.15) is 0 Å². The Morgan fingerprint density at radius 1 is 0.385 bits per heavy atom. The van der Waals surface area contributed by atoms with Crippen LogP contribution in [-0.4, -0.2) is 0 Å². The first-order valence-electron chi connectivity index (χ1n) is 23.9. The summed E-state index contributed by atoms with van der Waals surface area (Å²) in [5.41, 5.74) is 23.3. The SMILES string of the molecule is CC1(C)c2ccc(-c3cccc4c3C(C)(C)c3ccccc3-4)cc2-c2ccc(N(c3ccc(-c4ccc5ccccc5c4-c4ccccc4)cc3)c3ccc(C4CCCCC4)cc3)cc21. The predicted octanol–water partition coefficient (Wildman–Crippen LogP) is 18.0. The number of hydrogen-bond donors (Lipinski definition) is 0. The van der Waals surface area contributed by atoms with Crippen molar-refractivity contribution < 1.29 is 0 Å². The Labute approximate surface area is 385 Å². The van der Waals surface area contributed by atoms with Crippen molar-refractivity contribution >= 4 is 27.8 Å². The molecular weight excluding hydrogens is 783 g/mol. The number of fused-ring (bicyclic) bond motifs is 7. The summed E-state index contributed by atoms with van der Waals surface area (Å²) in [6, 6.07) is 73.4. The van der Waals surface area contributed by atoms with Gasteiger partial charge in [-0.2, -0.15) is 0 Å². The molecule has 0 radical (unpaired) electrons. The average Bonchev–Trinajstić information content (AvgIpc) is 3.73. The fourth-order valence-corrected chi connectivity index (χ4v) is 12.1. The number of anilines is 3. The maximum absolute atomic E-state index is 2.48. The highest BCUT2D eigenvalue weighted by atomic mass is 15.1. The van der Waals surface area contributed by atoms with Crippen LogP contribution in [-0.2, 0) is 10.8 Å². The van der Waals surface area contributed by atoms with Gasteiger partial charge in [-0.15, -0.1) is 0 Å².